The Morgan fingerprint density at radius 1 is 0.951 bits per heavy atom. The molecule has 2 aromatic carbocycles. The Balaban J connectivity index is 1.32. The quantitative estimate of drug-likeness (QED) is 0.511. The third-order valence-electron chi connectivity index (χ3n) is 8.26. The van der Waals surface area contributed by atoms with Gasteiger partial charge in [-0.1, -0.05) is 36.4 Å². The number of aromatic nitrogens is 1. The molecule has 0 saturated carbocycles. The zero-order valence-corrected chi connectivity index (χ0v) is 23.0. The largest absolute Gasteiger partial charge is 0.493 e. The standard InChI is InChI=1S/C32H36N4O5/c37-28-9-7-25-12-17-40-29-18-24(23-4-2-1-3-5-23)6-8-26(29)32(39)36-16-15-35(20-22-10-13-33-14-11-22)21-27(36)31(38)34-19-30(28)41-25/h1-6,8,10-11,13-14,18,25,27-28,30,37H,7,9,12,15-17,19-21H2,(H,34,38)/t25-,27-,28-,30+/m0/s1. The van der Waals surface area contributed by atoms with Crippen LogP contribution in [0.3, 0.4) is 0 Å². The van der Waals surface area contributed by atoms with Crippen molar-refractivity contribution in [2.75, 3.05) is 32.8 Å². The van der Waals surface area contributed by atoms with E-state index in [0.29, 0.717) is 63.4 Å². The minimum atomic E-state index is -0.709. The Bertz CT molecular complexity index is 1350. The first kappa shape index (κ1) is 27.4. The van der Waals surface area contributed by atoms with Crippen molar-refractivity contribution in [1.29, 1.82) is 0 Å². The van der Waals surface area contributed by atoms with E-state index in [2.05, 4.69) is 15.2 Å². The summed E-state index contributed by atoms with van der Waals surface area (Å²) in [5.41, 5.74) is 3.52. The van der Waals surface area contributed by atoms with Crippen molar-refractivity contribution in [2.45, 2.75) is 50.2 Å². The van der Waals surface area contributed by atoms with Gasteiger partial charge in [-0.15, -0.1) is 0 Å². The Kier molecular flexibility index (Phi) is 8.27. The van der Waals surface area contributed by atoms with Crippen molar-refractivity contribution in [3.63, 3.8) is 0 Å². The number of pyridine rings is 1. The summed E-state index contributed by atoms with van der Waals surface area (Å²) in [7, 11) is 0. The molecule has 1 aromatic heterocycles. The van der Waals surface area contributed by atoms with Crippen LogP contribution in [0.2, 0.25) is 0 Å². The molecule has 3 aliphatic heterocycles. The van der Waals surface area contributed by atoms with Crippen LogP contribution in [0.4, 0.5) is 0 Å². The predicted octanol–water partition coefficient (Wildman–Crippen LogP) is 2.88. The van der Waals surface area contributed by atoms with Gasteiger partial charge in [0, 0.05) is 51.5 Å². The number of piperazine rings is 1. The van der Waals surface area contributed by atoms with E-state index in [9.17, 15) is 14.7 Å². The number of benzene rings is 2. The first-order valence-corrected chi connectivity index (χ1v) is 14.4. The molecule has 9 nitrogen and oxygen atoms in total. The number of carbonyl (C=O) groups excluding carboxylic acids is 2. The van der Waals surface area contributed by atoms with Crippen molar-refractivity contribution in [3.05, 3.63) is 84.2 Å². The molecule has 9 heteroatoms. The highest BCUT2D eigenvalue weighted by atomic mass is 16.5. The number of rotatable bonds is 3. The number of amides is 2. The number of carbonyl (C=O) groups is 2. The van der Waals surface area contributed by atoms with Gasteiger partial charge < -0.3 is 24.8 Å². The summed E-state index contributed by atoms with van der Waals surface area (Å²) in [5, 5.41) is 13.6. The maximum Gasteiger partial charge on any atom is 0.258 e. The lowest BCUT2D eigenvalue weighted by Gasteiger charge is -2.41. The smallest absolute Gasteiger partial charge is 0.258 e. The van der Waals surface area contributed by atoms with Gasteiger partial charge in [-0.2, -0.15) is 0 Å². The molecule has 2 fully saturated rings. The van der Waals surface area contributed by atoms with E-state index in [1.54, 1.807) is 17.3 Å². The van der Waals surface area contributed by atoms with Gasteiger partial charge >= 0.3 is 0 Å². The Labute approximate surface area is 240 Å². The number of hydrogen-bond acceptors (Lipinski definition) is 7. The second-order valence-corrected chi connectivity index (χ2v) is 11.0. The molecule has 2 N–H and O–H groups in total. The van der Waals surface area contributed by atoms with Crippen molar-refractivity contribution >= 4 is 11.8 Å². The minimum Gasteiger partial charge on any atom is -0.493 e. The lowest BCUT2D eigenvalue weighted by atomic mass is 9.98. The van der Waals surface area contributed by atoms with Gasteiger partial charge in [0.25, 0.3) is 5.91 Å². The summed E-state index contributed by atoms with van der Waals surface area (Å²) in [5.74, 6) is 0.0205. The summed E-state index contributed by atoms with van der Waals surface area (Å²) in [6, 6.07) is 18.8. The van der Waals surface area contributed by atoms with E-state index >= 15 is 0 Å². The van der Waals surface area contributed by atoms with Crippen molar-refractivity contribution in [2.24, 2.45) is 0 Å². The fourth-order valence-electron chi connectivity index (χ4n) is 5.94. The molecule has 0 unspecified atom stereocenters. The normalized spacial score (nSPS) is 25.7. The molecule has 0 spiro atoms. The zero-order chi connectivity index (χ0) is 28.2. The highest BCUT2D eigenvalue weighted by molar-refractivity contribution is 6.00. The number of aliphatic hydroxyl groups is 1. The minimum absolute atomic E-state index is 0.0956. The molecule has 2 bridgehead atoms. The molecule has 0 radical (unpaired) electrons. The van der Waals surface area contributed by atoms with Crippen molar-refractivity contribution in [3.8, 4) is 16.9 Å². The lowest BCUT2D eigenvalue weighted by molar-refractivity contribution is -0.135. The zero-order valence-electron chi connectivity index (χ0n) is 23.0. The molecule has 2 saturated heterocycles. The summed E-state index contributed by atoms with van der Waals surface area (Å²) in [6.45, 7) is 2.63. The van der Waals surface area contributed by atoms with Crippen molar-refractivity contribution in [1.82, 2.24) is 20.1 Å². The number of fused-ring (bicyclic) bond motifs is 4. The molecular formula is C32H36N4O5. The molecule has 4 atom stereocenters. The fourth-order valence-corrected chi connectivity index (χ4v) is 5.94. The average Bonchev–Trinajstić information content (AvgIpc) is 3.01. The molecular weight excluding hydrogens is 520 g/mol. The number of ether oxygens (including phenoxy) is 2. The topological polar surface area (TPSA) is 104 Å². The van der Waals surface area contributed by atoms with Gasteiger partial charge in [0.1, 0.15) is 17.9 Å². The van der Waals surface area contributed by atoms with Crippen molar-refractivity contribution < 1.29 is 24.2 Å². The predicted molar refractivity (Wildman–Crippen MR) is 153 cm³/mol. The van der Waals surface area contributed by atoms with Crippen LogP contribution in [-0.2, 0) is 16.1 Å². The van der Waals surface area contributed by atoms with Gasteiger partial charge in [0.2, 0.25) is 5.91 Å². The molecule has 6 rings (SSSR count). The van der Waals surface area contributed by atoms with E-state index in [-0.39, 0.29) is 24.5 Å². The van der Waals surface area contributed by atoms with Gasteiger partial charge in [0.05, 0.1) is 24.4 Å². The Morgan fingerprint density at radius 3 is 2.61 bits per heavy atom. The van der Waals surface area contributed by atoms with Crippen LogP contribution in [-0.4, -0.2) is 88.8 Å². The summed E-state index contributed by atoms with van der Waals surface area (Å²) in [4.78, 5) is 35.7. The monoisotopic (exact) mass is 556 g/mol. The average molecular weight is 557 g/mol. The Hall–Kier alpha value is -3.79. The van der Waals surface area contributed by atoms with Gasteiger partial charge in [0.15, 0.2) is 0 Å². The SMILES string of the molecule is O=C1NC[C@H]2O[C@H](CCOc3cc(-c4ccccc4)ccc3C(=O)N3CCN(Cc4ccncc4)C[C@@H]13)CC[C@@H]2O. The fraction of sp³-hybridized carbons (Fsp3) is 0.406. The van der Waals surface area contributed by atoms with Crippen LogP contribution in [0.1, 0.15) is 35.2 Å². The van der Waals surface area contributed by atoms with Gasteiger partial charge in [-0.25, -0.2) is 0 Å². The summed E-state index contributed by atoms with van der Waals surface area (Å²) < 4.78 is 12.5. The maximum atomic E-state index is 14.1. The van der Waals surface area contributed by atoms with Gasteiger partial charge in [-0.05, 0) is 53.8 Å². The molecule has 4 heterocycles. The second-order valence-electron chi connectivity index (χ2n) is 11.0. The number of nitrogens with zero attached hydrogens (tertiary/aromatic N) is 3. The molecule has 0 aliphatic carbocycles. The van der Waals surface area contributed by atoms with E-state index < -0.39 is 18.2 Å². The number of nitrogens with one attached hydrogen (secondary N) is 1. The molecule has 214 valence electrons. The van der Waals surface area contributed by atoms with Crippen LogP contribution in [0.5, 0.6) is 5.75 Å². The van der Waals surface area contributed by atoms with E-state index in [1.807, 2.05) is 60.7 Å². The van der Waals surface area contributed by atoms with E-state index in [0.717, 1.165) is 16.7 Å². The molecule has 41 heavy (non-hydrogen) atoms. The second kappa shape index (κ2) is 12.4. The first-order chi connectivity index (χ1) is 20.0. The highest BCUT2D eigenvalue weighted by Gasteiger charge is 2.38. The third-order valence-corrected chi connectivity index (χ3v) is 8.26. The molecule has 3 aliphatic rings. The highest BCUT2D eigenvalue weighted by Crippen LogP contribution is 2.31. The first-order valence-electron chi connectivity index (χ1n) is 14.4. The van der Waals surface area contributed by atoms with Crippen LogP contribution in [0.25, 0.3) is 11.1 Å². The van der Waals surface area contributed by atoms with Crippen LogP contribution in [0, 0.1) is 0 Å². The van der Waals surface area contributed by atoms with Gasteiger partial charge in [-0.3, -0.25) is 19.5 Å². The number of hydrogen-bond donors (Lipinski definition) is 2. The molecule has 2 amide bonds. The Morgan fingerprint density at radius 2 is 1.78 bits per heavy atom. The third kappa shape index (κ3) is 6.27. The molecule has 3 aromatic rings. The summed E-state index contributed by atoms with van der Waals surface area (Å²) >= 11 is 0. The maximum absolute atomic E-state index is 14.1. The lowest BCUT2D eigenvalue weighted by Crippen LogP contribution is -2.61. The van der Waals surface area contributed by atoms with E-state index in [4.69, 9.17) is 9.47 Å². The number of aliphatic hydroxyl groups excluding tert-OH is 1. The summed E-state index contributed by atoms with van der Waals surface area (Å²) in [6.07, 6.45) is 4.21. The van der Waals surface area contributed by atoms with Crippen LogP contribution < -0.4 is 10.1 Å². The van der Waals surface area contributed by atoms with Crippen LogP contribution in [0.15, 0.2) is 73.1 Å². The van der Waals surface area contributed by atoms with Crippen LogP contribution >= 0.6 is 0 Å². The van der Waals surface area contributed by atoms with E-state index in [1.165, 1.54) is 0 Å².